The number of ether oxygens (including phenoxy) is 1. The second-order valence-electron chi connectivity index (χ2n) is 9.42. The van der Waals surface area contributed by atoms with Crippen LogP contribution in [0.3, 0.4) is 0 Å². The average Bonchev–Trinajstić information content (AvgIpc) is 2.99. The van der Waals surface area contributed by atoms with E-state index in [1.54, 1.807) is 6.07 Å². The minimum Gasteiger partial charge on any atom is -0.459 e. The van der Waals surface area contributed by atoms with E-state index in [1.807, 2.05) is 48.7 Å². The van der Waals surface area contributed by atoms with Crippen molar-refractivity contribution in [2.45, 2.75) is 31.5 Å². The lowest BCUT2D eigenvalue weighted by atomic mass is 9.77. The molecule has 35 heavy (non-hydrogen) atoms. The van der Waals surface area contributed by atoms with E-state index in [4.69, 9.17) is 56.1 Å². The third kappa shape index (κ3) is 3.37. The molecule has 0 aromatic heterocycles. The normalized spacial score (nSPS) is 19.7. The highest BCUT2D eigenvalue weighted by atomic mass is 35.5. The summed E-state index contributed by atoms with van der Waals surface area (Å²) in [5.74, 6) is 0.719. The van der Waals surface area contributed by atoms with Crippen LogP contribution in [-0.4, -0.2) is 11.9 Å². The van der Waals surface area contributed by atoms with Crippen molar-refractivity contribution in [2.24, 2.45) is 4.99 Å². The van der Waals surface area contributed by atoms with Gasteiger partial charge in [0.2, 0.25) is 5.72 Å². The summed E-state index contributed by atoms with van der Waals surface area (Å²) in [6.07, 6.45) is 1.91. The topological polar surface area (TPSA) is 24.8 Å². The highest BCUT2D eigenvalue weighted by molar-refractivity contribution is 6.42. The van der Waals surface area contributed by atoms with Gasteiger partial charge in [-0.2, -0.15) is 0 Å². The summed E-state index contributed by atoms with van der Waals surface area (Å²) in [7, 11) is 0. The Labute approximate surface area is 223 Å². The zero-order valence-electron chi connectivity index (χ0n) is 18.9. The molecule has 2 aliphatic heterocycles. The van der Waals surface area contributed by atoms with Crippen molar-refractivity contribution in [3.05, 3.63) is 97.9 Å². The molecule has 2 aliphatic rings. The summed E-state index contributed by atoms with van der Waals surface area (Å²) in [6, 6.07) is 21.6. The summed E-state index contributed by atoms with van der Waals surface area (Å²) in [6.45, 7) is 4.73. The van der Waals surface area contributed by atoms with Crippen LogP contribution in [0.25, 0.3) is 10.8 Å². The van der Waals surface area contributed by atoms with Crippen LogP contribution in [0, 0.1) is 0 Å². The van der Waals surface area contributed by atoms with Gasteiger partial charge in [-0.3, -0.25) is 4.99 Å². The first-order valence-corrected chi connectivity index (χ1v) is 12.7. The van der Waals surface area contributed by atoms with Crippen LogP contribution in [0.1, 0.15) is 25.0 Å². The third-order valence-corrected chi connectivity index (χ3v) is 8.45. The molecule has 1 unspecified atom stereocenters. The van der Waals surface area contributed by atoms with Crippen LogP contribution in [0.4, 0.5) is 11.4 Å². The summed E-state index contributed by atoms with van der Waals surface area (Å²) < 4.78 is 6.94. The van der Waals surface area contributed by atoms with Crippen molar-refractivity contribution in [1.82, 2.24) is 0 Å². The van der Waals surface area contributed by atoms with Gasteiger partial charge in [0.1, 0.15) is 11.4 Å². The van der Waals surface area contributed by atoms with E-state index < -0.39 is 11.1 Å². The molecule has 0 amide bonds. The summed E-state index contributed by atoms with van der Waals surface area (Å²) >= 11 is 25.8. The number of aliphatic imine (C=N–C) groups is 1. The quantitative estimate of drug-likeness (QED) is 0.252. The Balaban J connectivity index is 1.56. The molecule has 1 spiro atoms. The Kier molecular flexibility index (Phi) is 5.28. The van der Waals surface area contributed by atoms with Gasteiger partial charge in [-0.1, -0.05) is 82.8 Å². The summed E-state index contributed by atoms with van der Waals surface area (Å²) in [4.78, 5) is 7.16. The van der Waals surface area contributed by atoms with Gasteiger partial charge in [-0.05, 0) is 60.7 Å². The van der Waals surface area contributed by atoms with Crippen LogP contribution in [0.15, 0.2) is 71.7 Å². The Bertz CT molecular complexity index is 1550. The molecule has 2 heterocycles. The van der Waals surface area contributed by atoms with Crippen molar-refractivity contribution < 1.29 is 4.74 Å². The summed E-state index contributed by atoms with van der Waals surface area (Å²) in [5, 5.41) is 4.30. The Morgan fingerprint density at radius 2 is 1.63 bits per heavy atom. The predicted octanol–water partition coefficient (Wildman–Crippen LogP) is 9.24. The van der Waals surface area contributed by atoms with Gasteiger partial charge >= 0.3 is 0 Å². The van der Waals surface area contributed by atoms with Crippen LogP contribution >= 0.6 is 46.4 Å². The lowest BCUT2D eigenvalue weighted by Gasteiger charge is -2.46. The van der Waals surface area contributed by atoms with Crippen LogP contribution in [0.5, 0.6) is 5.75 Å². The van der Waals surface area contributed by atoms with Crippen molar-refractivity contribution in [1.29, 1.82) is 0 Å². The van der Waals surface area contributed by atoms with Crippen LogP contribution < -0.4 is 9.64 Å². The number of anilines is 1. The van der Waals surface area contributed by atoms with Gasteiger partial charge in [-0.25, -0.2) is 0 Å². The molecule has 0 radical (unpaired) electrons. The first-order valence-electron chi connectivity index (χ1n) is 11.2. The number of halogens is 4. The number of nitrogens with zero attached hydrogens (tertiary/aromatic N) is 2. The smallest absolute Gasteiger partial charge is 0.229 e. The molecular weight excluding hydrogens is 522 g/mol. The fraction of sp³-hybridized carbons (Fsp3) is 0.179. The van der Waals surface area contributed by atoms with Gasteiger partial charge in [0.15, 0.2) is 0 Å². The van der Waals surface area contributed by atoms with Gasteiger partial charge < -0.3 is 9.64 Å². The van der Waals surface area contributed by atoms with E-state index in [0.717, 1.165) is 39.0 Å². The molecule has 0 N–H and O–H groups in total. The van der Waals surface area contributed by atoms with E-state index in [0.29, 0.717) is 26.6 Å². The van der Waals surface area contributed by atoms with Gasteiger partial charge in [-0.15, -0.1) is 0 Å². The first kappa shape index (κ1) is 23.0. The molecule has 176 valence electrons. The average molecular weight is 542 g/mol. The van der Waals surface area contributed by atoms with Crippen molar-refractivity contribution >= 4 is 74.8 Å². The Morgan fingerprint density at radius 1 is 0.857 bits per heavy atom. The molecule has 0 fully saturated rings. The van der Waals surface area contributed by atoms with Crippen molar-refractivity contribution in [2.75, 3.05) is 4.90 Å². The van der Waals surface area contributed by atoms with Crippen molar-refractivity contribution in [3.8, 4) is 5.75 Å². The monoisotopic (exact) mass is 540 g/mol. The van der Waals surface area contributed by atoms with Crippen LogP contribution in [-0.2, 0) is 12.0 Å². The number of rotatable bonds is 2. The van der Waals surface area contributed by atoms with E-state index in [1.165, 1.54) is 0 Å². The lowest BCUT2D eigenvalue weighted by molar-refractivity contribution is 0.0765. The van der Waals surface area contributed by atoms with E-state index in [9.17, 15) is 0 Å². The number of hydrogen-bond acceptors (Lipinski definition) is 3. The SMILES string of the molecule is CC1(C)c2cc(Cl)c(Cl)cc2N(Cc2ccc(Cl)cc2Cl)C12C=Nc1c(ccc3ccccc13)O2. The molecular formula is C28H20Cl4N2O. The molecule has 0 bridgehead atoms. The van der Waals surface area contributed by atoms with E-state index >= 15 is 0 Å². The van der Waals surface area contributed by atoms with Gasteiger partial charge in [0.05, 0.1) is 21.7 Å². The maximum absolute atomic E-state index is 6.94. The standard InChI is InChI=1S/C28H20Cl4N2O/c1-27(2)20-12-22(31)23(32)13-24(20)34(14-17-7-9-18(29)11-21(17)30)28(27)15-33-26-19-6-4-3-5-16(19)8-10-25(26)35-28/h3-13,15H,14H2,1-2H3. The number of hydrogen-bond donors (Lipinski definition) is 0. The minimum absolute atomic E-state index is 0.458. The zero-order valence-corrected chi connectivity index (χ0v) is 22.0. The van der Waals surface area contributed by atoms with Crippen molar-refractivity contribution in [3.63, 3.8) is 0 Å². The molecule has 1 atom stereocenters. The van der Waals surface area contributed by atoms with Gasteiger partial charge in [0.25, 0.3) is 0 Å². The highest BCUT2D eigenvalue weighted by Gasteiger charge is 2.60. The Morgan fingerprint density at radius 3 is 2.43 bits per heavy atom. The number of benzene rings is 4. The molecule has 4 aromatic carbocycles. The maximum atomic E-state index is 6.94. The Hall–Kier alpha value is -2.43. The summed E-state index contributed by atoms with van der Waals surface area (Å²) in [5.41, 5.74) is 2.20. The fourth-order valence-electron chi connectivity index (χ4n) is 5.20. The molecule has 0 saturated heterocycles. The van der Waals surface area contributed by atoms with Crippen LogP contribution in [0.2, 0.25) is 20.1 Å². The minimum atomic E-state index is -0.943. The third-order valence-electron chi connectivity index (χ3n) is 7.14. The molecule has 0 saturated carbocycles. The van der Waals surface area contributed by atoms with E-state index in [2.05, 4.69) is 36.9 Å². The zero-order chi connectivity index (χ0) is 24.5. The highest BCUT2D eigenvalue weighted by Crippen LogP contribution is 2.56. The second-order valence-corrected chi connectivity index (χ2v) is 11.1. The molecule has 4 aromatic rings. The lowest BCUT2D eigenvalue weighted by Crippen LogP contribution is -2.61. The number of fused-ring (bicyclic) bond motifs is 4. The first-order chi connectivity index (χ1) is 16.7. The van der Waals surface area contributed by atoms with Gasteiger partial charge in [0, 0.05) is 27.7 Å². The fourth-order valence-corrected chi connectivity index (χ4v) is 5.99. The molecule has 6 rings (SSSR count). The molecule has 7 heteroatoms. The second kappa shape index (κ2) is 8.04. The predicted molar refractivity (Wildman–Crippen MR) is 148 cm³/mol. The largest absolute Gasteiger partial charge is 0.459 e. The van der Waals surface area contributed by atoms with E-state index in [-0.39, 0.29) is 0 Å². The maximum Gasteiger partial charge on any atom is 0.229 e. The molecule has 0 aliphatic carbocycles. The molecule has 3 nitrogen and oxygen atoms in total.